The van der Waals surface area contributed by atoms with E-state index in [0.29, 0.717) is 48.6 Å². The molecule has 204 valence electrons. The molecule has 2 heterocycles. The van der Waals surface area contributed by atoms with Crippen molar-refractivity contribution in [3.8, 4) is 11.5 Å². The second-order valence-corrected chi connectivity index (χ2v) is 11.3. The van der Waals surface area contributed by atoms with E-state index in [0.717, 1.165) is 10.9 Å². The van der Waals surface area contributed by atoms with Crippen molar-refractivity contribution in [1.29, 1.82) is 0 Å². The zero-order chi connectivity index (χ0) is 27.4. The van der Waals surface area contributed by atoms with Crippen LogP contribution in [0, 0.1) is 0 Å². The first-order valence-electron chi connectivity index (χ1n) is 12.8. The van der Waals surface area contributed by atoms with E-state index in [1.807, 2.05) is 30.3 Å². The highest BCUT2D eigenvalue weighted by Gasteiger charge is 2.40. The molecule has 1 amide bonds. The molecule has 1 aliphatic carbocycles. The van der Waals surface area contributed by atoms with Crippen LogP contribution in [0.25, 0.3) is 10.9 Å². The molecule has 0 radical (unpaired) electrons. The summed E-state index contributed by atoms with van der Waals surface area (Å²) in [5, 5.41) is 0.731. The Morgan fingerprint density at radius 2 is 1.82 bits per heavy atom. The van der Waals surface area contributed by atoms with Crippen molar-refractivity contribution >= 4 is 26.8 Å². The molecule has 5 rings (SSSR count). The van der Waals surface area contributed by atoms with E-state index >= 15 is 0 Å². The summed E-state index contributed by atoms with van der Waals surface area (Å²) >= 11 is 0. The van der Waals surface area contributed by atoms with Gasteiger partial charge >= 0.3 is 0 Å². The van der Waals surface area contributed by atoms with Gasteiger partial charge in [0, 0.05) is 24.2 Å². The molecular formula is C29H31N3O6S. The first-order valence-corrected chi connectivity index (χ1v) is 14.2. The summed E-state index contributed by atoms with van der Waals surface area (Å²) < 4.78 is 45.4. The van der Waals surface area contributed by atoms with Crippen LogP contribution in [0.4, 0.5) is 0 Å². The fourth-order valence-corrected chi connectivity index (χ4v) is 6.40. The van der Waals surface area contributed by atoms with Gasteiger partial charge in [-0.3, -0.25) is 9.78 Å². The maximum Gasteiger partial charge on any atom is 0.245 e. The highest BCUT2D eigenvalue weighted by molar-refractivity contribution is 7.89. The SMILES string of the molecule is COc1ccc(CCN(Cc2ccco2)C(=O)CN(C2CC2)S(=O)(=O)c2cccc3cccnc23)cc1OC. The number of carbonyl (C=O) groups is 1. The molecule has 2 aromatic carbocycles. The molecule has 1 aliphatic rings. The normalized spacial score (nSPS) is 13.5. The number of hydrogen-bond donors (Lipinski definition) is 0. The van der Waals surface area contributed by atoms with Gasteiger partial charge in [0.1, 0.15) is 10.7 Å². The Morgan fingerprint density at radius 1 is 1.03 bits per heavy atom. The third-order valence-corrected chi connectivity index (χ3v) is 8.76. The molecule has 0 atom stereocenters. The lowest BCUT2D eigenvalue weighted by molar-refractivity contribution is -0.132. The average molecular weight is 550 g/mol. The largest absolute Gasteiger partial charge is 0.493 e. The number of aromatic nitrogens is 1. The number of carbonyl (C=O) groups excluding carboxylic acids is 1. The number of hydrogen-bond acceptors (Lipinski definition) is 7. The minimum atomic E-state index is -3.97. The second-order valence-electron chi connectivity index (χ2n) is 9.45. The Hall–Kier alpha value is -3.89. The van der Waals surface area contributed by atoms with Crippen molar-refractivity contribution < 1.29 is 27.1 Å². The minimum Gasteiger partial charge on any atom is -0.493 e. The number of rotatable bonds is 12. The smallest absolute Gasteiger partial charge is 0.245 e. The van der Waals surface area contributed by atoms with Crippen LogP contribution < -0.4 is 9.47 Å². The van der Waals surface area contributed by atoms with Crippen molar-refractivity contribution in [2.45, 2.75) is 36.7 Å². The van der Waals surface area contributed by atoms with Gasteiger partial charge in [0.05, 0.1) is 39.1 Å². The van der Waals surface area contributed by atoms with E-state index in [-0.39, 0.29) is 29.9 Å². The zero-order valence-electron chi connectivity index (χ0n) is 21.9. The van der Waals surface area contributed by atoms with Crippen LogP contribution in [0.15, 0.2) is 82.4 Å². The summed E-state index contributed by atoms with van der Waals surface area (Å²) in [6.07, 6.45) is 5.10. The third kappa shape index (κ3) is 5.91. The van der Waals surface area contributed by atoms with Gasteiger partial charge in [-0.05, 0) is 61.2 Å². The molecule has 10 heteroatoms. The van der Waals surface area contributed by atoms with Gasteiger partial charge < -0.3 is 18.8 Å². The molecule has 0 unspecified atom stereocenters. The first-order chi connectivity index (χ1) is 18.9. The fourth-order valence-electron chi connectivity index (χ4n) is 4.60. The minimum absolute atomic E-state index is 0.114. The number of methoxy groups -OCH3 is 2. The number of amides is 1. The predicted molar refractivity (Wildman–Crippen MR) is 146 cm³/mol. The summed E-state index contributed by atoms with van der Waals surface area (Å²) in [6.45, 7) is 0.333. The number of furan rings is 1. The lowest BCUT2D eigenvalue weighted by atomic mass is 10.1. The summed E-state index contributed by atoms with van der Waals surface area (Å²) in [5.41, 5.74) is 1.36. The van der Waals surface area contributed by atoms with Crippen LogP contribution in [0.1, 0.15) is 24.2 Å². The van der Waals surface area contributed by atoms with Gasteiger partial charge in [0.15, 0.2) is 11.5 Å². The van der Waals surface area contributed by atoms with Crippen LogP contribution in [0.5, 0.6) is 11.5 Å². The van der Waals surface area contributed by atoms with Crippen molar-refractivity contribution in [2.75, 3.05) is 27.3 Å². The van der Waals surface area contributed by atoms with Crippen LogP contribution in [-0.2, 0) is 27.8 Å². The van der Waals surface area contributed by atoms with Gasteiger partial charge in [-0.2, -0.15) is 4.31 Å². The molecule has 0 bridgehead atoms. The molecule has 1 fully saturated rings. The summed E-state index contributed by atoms with van der Waals surface area (Å²) in [4.78, 5) is 19.8. The predicted octanol–water partition coefficient (Wildman–Crippen LogP) is 4.27. The van der Waals surface area contributed by atoms with Gasteiger partial charge in [-0.25, -0.2) is 8.42 Å². The second kappa shape index (κ2) is 11.5. The molecule has 39 heavy (non-hydrogen) atoms. The third-order valence-electron chi connectivity index (χ3n) is 6.83. The molecule has 9 nitrogen and oxygen atoms in total. The van der Waals surface area contributed by atoms with E-state index in [2.05, 4.69) is 4.98 Å². The van der Waals surface area contributed by atoms with Crippen molar-refractivity contribution in [3.63, 3.8) is 0 Å². The number of benzene rings is 2. The van der Waals surface area contributed by atoms with Crippen molar-refractivity contribution in [1.82, 2.24) is 14.2 Å². The molecule has 4 aromatic rings. The average Bonchev–Trinajstić information content (AvgIpc) is 3.67. The van der Waals surface area contributed by atoms with E-state index in [9.17, 15) is 13.2 Å². The lowest BCUT2D eigenvalue weighted by Gasteiger charge is -2.27. The topological polar surface area (TPSA) is 102 Å². The molecule has 0 N–H and O–H groups in total. The van der Waals surface area contributed by atoms with E-state index in [4.69, 9.17) is 13.9 Å². The standard InChI is InChI=1S/C29H31N3O6S/c1-36-25-13-10-21(18-26(25)37-2)14-16-31(19-24-8-5-17-38-24)28(33)20-32(23-11-12-23)39(34,35)27-9-3-6-22-7-4-15-30-29(22)27/h3-10,13,15,17-18,23H,11-12,14,16,19-20H2,1-2H3. The Kier molecular flexibility index (Phi) is 7.85. The zero-order valence-corrected chi connectivity index (χ0v) is 22.8. The monoisotopic (exact) mass is 549 g/mol. The summed E-state index contributed by atoms with van der Waals surface area (Å²) in [5.74, 6) is 1.55. The van der Waals surface area contributed by atoms with Crippen LogP contribution >= 0.6 is 0 Å². The van der Waals surface area contributed by atoms with E-state index < -0.39 is 10.0 Å². The number of sulfonamides is 1. The maximum absolute atomic E-state index is 13.9. The molecule has 2 aromatic heterocycles. The Morgan fingerprint density at radius 3 is 2.54 bits per heavy atom. The number of nitrogens with zero attached hydrogens (tertiary/aromatic N) is 3. The van der Waals surface area contributed by atoms with Gasteiger partial charge in [0.2, 0.25) is 15.9 Å². The van der Waals surface area contributed by atoms with Crippen molar-refractivity contribution in [2.24, 2.45) is 0 Å². The highest BCUT2D eigenvalue weighted by Crippen LogP contribution is 2.34. The van der Waals surface area contributed by atoms with Gasteiger partial charge in [-0.1, -0.05) is 24.3 Å². The van der Waals surface area contributed by atoms with Crippen LogP contribution in [0.2, 0.25) is 0 Å². The summed E-state index contributed by atoms with van der Waals surface area (Å²) in [7, 11) is -0.815. The fraction of sp³-hybridized carbons (Fsp3) is 0.310. The highest BCUT2D eigenvalue weighted by atomic mass is 32.2. The van der Waals surface area contributed by atoms with E-state index in [1.54, 1.807) is 61.9 Å². The molecule has 0 aliphatic heterocycles. The van der Waals surface area contributed by atoms with Gasteiger partial charge in [0.25, 0.3) is 0 Å². The molecule has 1 saturated carbocycles. The molecular weight excluding hydrogens is 518 g/mol. The number of fused-ring (bicyclic) bond motifs is 1. The Balaban J connectivity index is 1.39. The number of pyridine rings is 1. The van der Waals surface area contributed by atoms with Gasteiger partial charge in [-0.15, -0.1) is 0 Å². The van der Waals surface area contributed by atoms with E-state index in [1.165, 1.54) is 4.31 Å². The summed E-state index contributed by atoms with van der Waals surface area (Å²) in [6, 6.07) is 17.7. The lowest BCUT2D eigenvalue weighted by Crippen LogP contribution is -2.44. The molecule has 0 saturated heterocycles. The van der Waals surface area contributed by atoms with Crippen LogP contribution in [-0.4, -0.2) is 61.9 Å². The number of ether oxygens (including phenoxy) is 2. The maximum atomic E-state index is 13.9. The van der Waals surface area contributed by atoms with Crippen molar-refractivity contribution in [3.05, 3.63) is 84.4 Å². The van der Waals surface area contributed by atoms with Crippen LogP contribution in [0.3, 0.4) is 0 Å². The Bertz CT molecular complexity index is 1550. The number of para-hydroxylation sites is 1. The molecule has 0 spiro atoms. The Labute approximate surface area is 228 Å². The quantitative estimate of drug-likeness (QED) is 0.260. The first kappa shape index (κ1) is 26.7.